The van der Waals surface area contributed by atoms with Gasteiger partial charge < -0.3 is 9.88 Å². The summed E-state index contributed by atoms with van der Waals surface area (Å²) in [5, 5.41) is 2.96. The van der Waals surface area contributed by atoms with Crippen molar-refractivity contribution in [2.45, 2.75) is 20.4 Å². The van der Waals surface area contributed by atoms with Gasteiger partial charge in [-0.2, -0.15) is 0 Å². The van der Waals surface area contributed by atoms with Gasteiger partial charge >= 0.3 is 0 Å². The van der Waals surface area contributed by atoms with Crippen LogP contribution in [0.2, 0.25) is 0 Å². The fourth-order valence-corrected chi connectivity index (χ4v) is 1.09. The molecule has 4 heteroatoms. The van der Waals surface area contributed by atoms with E-state index in [4.69, 9.17) is 0 Å². The molecule has 1 rings (SSSR count). The number of aryl methyl sites for hydroxylation is 1. The van der Waals surface area contributed by atoms with E-state index in [-0.39, 0.29) is 5.56 Å². The summed E-state index contributed by atoms with van der Waals surface area (Å²) < 4.78 is 1.62. The van der Waals surface area contributed by atoms with E-state index < -0.39 is 0 Å². The maximum absolute atomic E-state index is 11.6. The Balaban J connectivity index is 2.82. The Labute approximate surface area is 83.3 Å². The van der Waals surface area contributed by atoms with Crippen molar-refractivity contribution in [3.05, 3.63) is 34.9 Å². The molecule has 0 bridgehead atoms. The summed E-state index contributed by atoms with van der Waals surface area (Å²) in [4.78, 5) is 15.6. The van der Waals surface area contributed by atoms with Gasteiger partial charge in [0, 0.05) is 25.5 Å². The van der Waals surface area contributed by atoms with Crippen LogP contribution in [0.3, 0.4) is 0 Å². The van der Waals surface area contributed by atoms with Gasteiger partial charge in [-0.1, -0.05) is 12.2 Å². The summed E-state index contributed by atoms with van der Waals surface area (Å²) in [6, 6.07) is 0. The monoisotopic (exact) mass is 193 g/mol. The predicted molar refractivity (Wildman–Crippen MR) is 57.5 cm³/mol. The molecule has 4 nitrogen and oxygen atoms in total. The van der Waals surface area contributed by atoms with E-state index in [0.717, 1.165) is 0 Å². The van der Waals surface area contributed by atoms with Gasteiger partial charge in [-0.3, -0.25) is 4.79 Å². The Morgan fingerprint density at radius 2 is 2.43 bits per heavy atom. The Morgan fingerprint density at radius 1 is 1.64 bits per heavy atom. The molecule has 0 saturated heterocycles. The third-order valence-electron chi connectivity index (χ3n) is 1.88. The van der Waals surface area contributed by atoms with Gasteiger partial charge in [0.05, 0.1) is 0 Å². The van der Waals surface area contributed by atoms with E-state index in [1.807, 2.05) is 26.0 Å². The van der Waals surface area contributed by atoms with Crippen LogP contribution < -0.4 is 10.9 Å². The zero-order valence-corrected chi connectivity index (χ0v) is 8.53. The van der Waals surface area contributed by atoms with Crippen molar-refractivity contribution in [3.63, 3.8) is 0 Å². The fourth-order valence-electron chi connectivity index (χ4n) is 1.09. The lowest BCUT2D eigenvalue weighted by Gasteiger charge is -2.04. The van der Waals surface area contributed by atoms with Crippen LogP contribution in [-0.4, -0.2) is 16.1 Å². The summed E-state index contributed by atoms with van der Waals surface area (Å²) in [5.74, 6) is 0.410. The predicted octanol–water partition coefficient (Wildman–Crippen LogP) is 1.25. The summed E-state index contributed by atoms with van der Waals surface area (Å²) in [6.07, 6.45) is 7.17. The molecule has 0 radical (unpaired) electrons. The molecule has 1 aromatic rings. The van der Waals surface area contributed by atoms with Gasteiger partial charge in [0.1, 0.15) is 0 Å². The lowest BCUT2D eigenvalue weighted by molar-refractivity contribution is 0.719. The standard InChI is InChI=1S/C10H15N3O/c1-3-5-6-11-9-10(14)13(4-2)8-7-12-9/h3,5,7-8H,4,6H2,1-2H3,(H,11,12)/b5-3+. The maximum atomic E-state index is 11.6. The largest absolute Gasteiger partial charge is 0.362 e. The molecule has 1 aromatic heterocycles. The third-order valence-corrected chi connectivity index (χ3v) is 1.88. The number of aromatic nitrogens is 2. The lowest BCUT2D eigenvalue weighted by atomic mass is 10.5. The molecule has 0 aliphatic heterocycles. The second-order valence-electron chi connectivity index (χ2n) is 2.82. The van der Waals surface area contributed by atoms with E-state index in [1.54, 1.807) is 17.0 Å². The van der Waals surface area contributed by atoms with Crippen LogP contribution in [0.25, 0.3) is 0 Å². The number of nitrogens with zero attached hydrogens (tertiary/aromatic N) is 2. The molecule has 0 amide bonds. The molecule has 14 heavy (non-hydrogen) atoms. The minimum atomic E-state index is -0.0699. The summed E-state index contributed by atoms with van der Waals surface area (Å²) >= 11 is 0. The molecule has 0 aliphatic carbocycles. The van der Waals surface area contributed by atoms with E-state index in [0.29, 0.717) is 18.9 Å². The lowest BCUT2D eigenvalue weighted by Crippen LogP contribution is -2.23. The van der Waals surface area contributed by atoms with E-state index in [2.05, 4.69) is 10.3 Å². The fraction of sp³-hybridized carbons (Fsp3) is 0.400. The van der Waals surface area contributed by atoms with Gasteiger partial charge in [-0.25, -0.2) is 4.98 Å². The minimum Gasteiger partial charge on any atom is -0.362 e. The highest BCUT2D eigenvalue weighted by molar-refractivity contribution is 5.31. The van der Waals surface area contributed by atoms with E-state index in [9.17, 15) is 4.79 Å². The Morgan fingerprint density at radius 3 is 3.07 bits per heavy atom. The van der Waals surface area contributed by atoms with Crippen molar-refractivity contribution >= 4 is 5.82 Å². The van der Waals surface area contributed by atoms with Crippen molar-refractivity contribution in [1.82, 2.24) is 9.55 Å². The first-order chi connectivity index (χ1) is 6.79. The van der Waals surface area contributed by atoms with Crippen LogP contribution in [-0.2, 0) is 6.54 Å². The van der Waals surface area contributed by atoms with Crippen LogP contribution in [0.1, 0.15) is 13.8 Å². The molecule has 0 saturated carbocycles. The molecule has 0 unspecified atom stereocenters. The SMILES string of the molecule is C/C=C/CNc1nccn(CC)c1=O. The van der Waals surface area contributed by atoms with Crippen molar-refractivity contribution in [1.29, 1.82) is 0 Å². The van der Waals surface area contributed by atoms with Gasteiger partial charge in [0.2, 0.25) is 0 Å². The van der Waals surface area contributed by atoms with Crippen molar-refractivity contribution in [2.75, 3.05) is 11.9 Å². The highest BCUT2D eigenvalue weighted by atomic mass is 16.1. The molecule has 0 aromatic carbocycles. The zero-order valence-electron chi connectivity index (χ0n) is 8.53. The number of hydrogen-bond donors (Lipinski definition) is 1. The van der Waals surface area contributed by atoms with Gasteiger partial charge in [0.15, 0.2) is 5.82 Å². The number of anilines is 1. The molecule has 0 aliphatic rings. The summed E-state index contributed by atoms with van der Waals surface area (Å²) in [5.41, 5.74) is -0.0699. The number of hydrogen-bond acceptors (Lipinski definition) is 3. The van der Waals surface area contributed by atoms with Crippen LogP contribution in [0.4, 0.5) is 5.82 Å². The Kier molecular flexibility index (Phi) is 3.91. The summed E-state index contributed by atoms with van der Waals surface area (Å²) in [7, 11) is 0. The molecule has 1 N–H and O–H groups in total. The van der Waals surface area contributed by atoms with Gasteiger partial charge in [-0.05, 0) is 13.8 Å². The minimum absolute atomic E-state index is 0.0699. The number of rotatable bonds is 4. The third kappa shape index (κ3) is 2.45. The average molecular weight is 193 g/mol. The molecule has 1 heterocycles. The smallest absolute Gasteiger partial charge is 0.293 e. The number of nitrogens with one attached hydrogen (secondary N) is 1. The molecular weight excluding hydrogens is 178 g/mol. The molecule has 0 spiro atoms. The molecule has 76 valence electrons. The van der Waals surface area contributed by atoms with Crippen molar-refractivity contribution in [3.8, 4) is 0 Å². The first-order valence-corrected chi connectivity index (χ1v) is 4.70. The number of allylic oxidation sites excluding steroid dienone is 1. The summed E-state index contributed by atoms with van der Waals surface area (Å²) in [6.45, 7) is 5.16. The maximum Gasteiger partial charge on any atom is 0.293 e. The van der Waals surface area contributed by atoms with Gasteiger partial charge in [-0.15, -0.1) is 0 Å². The second-order valence-corrected chi connectivity index (χ2v) is 2.82. The average Bonchev–Trinajstić information content (AvgIpc) is 2.21. The van der Waals surface area contributed by atoms with Crippen LogP contribution in [0.15, 0.2) is 29.3 Å². The molecular formula is C10H15N3O. The molecule has 0 atom stereocenters. The highest BCUT2D eigenvalue weighted by Crippen LogP contribution is 1.92. The van der Waals surface area contributed by atoms with Crippen LogP contribution in [0, 0.1) is 0 Å². The topological polar surface area (TPSA) is 46.9 Å². The van der Waals surface area contributed by atoms with E-state index >= 15 is 0 Å². The van der Waals surface area contributed by atoms with Gasteiger partial charge in [0.25, 0.3) is 5.56 Å². The Bertz CT molecular complexity index is 368. The zero-order chi connectivity index (χ0) is 10.4. The Hall–Kier alpha value is -1.58. The van der Waals surface area contributed by atoms with Crippen molar-refractivity contribution < 1.29 is 0 Å². The second kappa shape index (κ2) is 5.21. The van der Waals surface area contributed by atoms with Crippen LogP contribution >= 0.6 is 0 Å². The first-order valence-electron chi connectivity index (χ1n) is 4.70. The molecule has 0 fully saturated rings. The first kappa shape index (κ1) is 10.5. The quantitative estimate of drug-likeness (QED) is 0.732. The van der Waals surface area contributed by atoms with Crippen LogP contribution in [0.5, 0.6) is 0 Å². The van der Waals surface area contributed by atoms with Crippen molar-refractivity contribution in [2.24, 2.45) is 0 Å². The highest BCUT2D eigenvalue weighted by Gasteiger charge is 2.00. The normalized spacial score (nSPS) is 10.7. The van der Waals surface area contributed by atoms with E-state index in [1.165, 1.54) is 0 Å².